The van der Waals surface area contributed by atoms with E-state index >= 15 is 0 Å². The van der Waals surface area contributed by atoms with Crippen LogP contribution < -0.4 is 10.6 Å². The standard InChI is InChI=1S/C24H24F5N3O5S2/c25-18-5-1-16(2-6-18)13-39(36,37)14-20(22(33)32-23(15-30)9-11-38(34,35)12-10-23)31-21(24(27,28)29)17-3-7-19(26)8-4-17/h1-8,20-21,31H,9-14H2,(H,32,33)/t20?,21-/m0/s1. The van der Waals surface area contributed by atoms with Crippen LogP contribution in [-0.2, 0) is 30.2 Å². The van der Waals surface area contributed by atoms with E-state index in [4.69, 9.17) is 0 Å². The van der Waals surface area contributed by atoms with E-state index in [1.54, 1.807) is 6.07 Å². The van der Waals surface area contributed by atoms with Gasteiger partial charge in [0.15, 0.2) is 19.7 Å². The maximum absolute atomic E-state index is 14.0. The van der Waals surface area contributed by atoms with E-state index in [9.17, 15) is 48.8 Å². The second-order valence-corrected chi connectivity index (χ2v) is 13.7. The van der Waals surface area contributed by atoms with E-state index in [1.807, 2.05) is 5.32 Å². The monoisotopic (exact) mass is 593 g/mol. The van der Waals surface area contributed by atoms with Crippen LogP contribution in [0, 0.1) is 23.0 Å². The van der Waals surface area contributed by atoms with Crippen molar-refractivity contribution in [2.45, 2.75) is 42.4 Å². The lowest BCUT2D eigenvalue weighted by Gasteiger charge is -2.34. The third-order valence-electron chi connectivity index (χ3n) is 6.19. The molecule has 1 unspecified atom stereocenters. The minimum absolute atomic E-state index is 0.118. The third-order valence-corrected chi connectivity index (χ3v) is 9.46. The lowest BCUT2D eigenvalue weighted by molar-refractivity contribution is -0.160. The third kappa shape index (κ3) is 8.45. The normalized spacial score (nSPS) is 18.5. The van der Waals surface area contributed by atoms with Gasteiger partial charge in [-0.15, -0.1) is 0 Å². The number of nitrogens with one attached hydrogen (secondary N) is 2. The number of nitriles is 1. The Morgan fingerprint density at radius 1 is 1.00 bits per heavy atom. The Morgan fingerprint density at radius 3 is 2.00 bits per heavy atom. The second-order valence-electron chi connectivity index (χ2n) is 9.26. The lowest BCUT2D eigenvalue weighted by atomic mass is 9.93. The summed E-state index contributed by atoms with van der Waals surface area (Å²) in [4.78, 5) is 13.2. The van der Waals surface area contributed by atoms with Gasteiger partial charge in [0.1, 0.15) is 29.3 Å². The number of carbonyl (C=O) groups excluding carboxylic acids is 1. The lowest BCUT2D eigenvalue weighted by Crippen LogP contribution is -2.59. The van der Waals surface area contributed by atoms with E-state index < -0.39 is 89.6 Å². The molecule has 1 aliphatic rings. The molecular formula is C24H24F5N3O5S2. The second kappa shape index (κ2) is 11.6. The molecule has 15 heteroatoms. The molecule has 0 saturated carbocycles. The zero-order valence-electron chi connectivity index (χ0n) is 20.2. The van der Waals surface area contributed by atoms with Crippen LogP contribution in [-0.4, -0.2) is 57.8 Å². The Labute approximate surface area is 222 Å². The minimum atomic E-state index is -5.05. The highest BCUT2D eigenvalue weighted by Crippen LogP contribution is 2.33. The fourth-order valence-electron chi connectivity index (χ4n) is 4.06. The topological polar surface area (TPSA) is 133 Å². The van der Waals surface area contributed by atoms with Gasteiger partial charge < -0.3 is 5.32 Å². The molecule has 3 rings (SSSR count). The minimum Gasteiger partial charge on any atom is -0.336 e. The number of hydrogen-bond donors (Lipinski definition) is 2. The van der Waals surface area contributed by atoms with Gasteiger partial charge in [0.2, 0.25) is 5.91 Å². The molecule has 2 aromatic rings. The van der Waals surface area contributed by atoms with Crippen molar-refractivity contribution in [2.75, 3.05) is 17.3 Å². The fourth-order valence-corrected chi connectivity index (χ4v) is 7.15. The molecule has 1 heterocycles. The Morgan fingerprint density at radius 2 is 1.51 bits per heavy atom. The van der Waals surface area contributed by atoms with Crippen LogP contribution in [0.4, 0.5) is 22.0 Å². The molecule has 0 aliphatic carbocycles. The summed E-state index contributed by atoms with van der Waals surface area (Å²) < 4.78 is 118. The first kappa shape index (κ1) is 30.5. The molecule has 1 aliphatic heterocycles. The van der Waals surface area contributed by atoms with Gasteiger partial charge in [0.05, 0.1) is 29.1 Å². The van der Waals surface area contributed by atoms with Crippen LogP contribution in [0.5, 0.6) is 0 Å². The van der Waals surface area contributed by atoms with E-state index in [-0.39, 0.29) is 18.4 Å². The van der Waals surface area contributed by atoms with Crippen molar-refractivity contribution in [3.63, 3.8) is 0 Å². The number of nitrogens with zero attached hydrogens (tertiary/aromatic N) is 1. The predicted octanol–water partition coefficient (Wildman–Crippen LogP) is 2.73. The fraction of sp³-hybridized carbons (Fsp3) is 0.417. The van der Waals surface area contributed by atoms with Crippen molar-refractivity contribution in [1.82, 2.24) is 10.6 Å². The number of hydrogen-bond acceptors (Lipinski definition) is 7. The highest BCUT2D eigenvalue weighted by Gasteiger charge is 2.45. The number of sulfone groups is 2. The highest BCUT2D eigenvalue weighted by atomic mass is 32.2. The number of benzene rings is 2. The van der Waals surface area contributed by atoms with Gasteiger partial charge in [-0.1, -0.05) is 24.3 Å². The molecule has 0 radical (unpaired) electrons. The van der Waals surface area contributed by atoms with Crippen LogP contribution in [0.3, 0.4) is 0 Å². The van der Waals surface area contributed by atoms with Crippen molar-refractivity contribution in [3.8, 4) is 6.07 Å². The molecule has 2 aromatic carbocycles. The van der Waals surface area contributed by atoms with Gasteiger partial charge in [-0.25, -0.2) is 25.6 Å². The summed E-state index contributed by atoms with van der Waals surface area (Å²) in [5.41, 5.74) is -2.13. The summed E-state index contributed by atoms with van der Waals surface area (Å²) in [5.74, 6) is -5.52. The van der Waals surface area contributed by atoms with Crippen LogP contribution in [0.15, 0.2) is 48.5 Å². The molecule has 1 amide bonds. The van der Waals surface area contributed by atoms with Gasteiger partial charge in [-0.2, -0.15) is 18.4 Å². The van der Waals surface area contributed by atoms with Gasteiger partial charge in [0.25, 0.3) is 0 Å². The number of halogens is 5. The summed E-state index contributed by atoms with van der Waals surface area (Å²) in [7, 11) is -7.79. The predicted molar refractivity (Wildman–Crippen MR) is 130 cm³/mol. The molecule has 0 spiro atoms. The Bertz CT molecular complexity index is 1420. The number of alkyl halides is 3. The molecule has 2 N–H and O–H groups in total. The molecule has 2 atom stereocenters. The zero-order chi connectivity index (χ0) is 29.1. The maximum atomic E-state index is 14.0. The first-order chi connectivity index (χ1) is 18.0. The van der Waals surface area contributed by atoms with Gasteiger partial charge in [0, 0.05) is 0 Å². The smallest absolute Gasteiger partial charge is 0.336 e. The largest absolute Gasteiger partial charge is 0.407 e. The molecular weight excluding hydrogens is 569 g/mol. The summed E-state index contributed by atoms with van der Waals surface area (Å²) in [6.45, 7) is 0. The molecule has 1 saturated heterocycles. The number of amides is 1. The summed E-state index contributed by atoms with van der Waals surface area (Å²) in [6.07, 6.45) is -5.73. The molecule has 8 nitrogen and oxygen atoms in total. The van der Waals surface area contributed by atoms with Crippen LogP contribution in [0.2, 0.25) is 0 Å². The van der Waals surface area contributed by atoms with Crippen molar-refractivity contribution in [2.24, 2.45) is 0 Å². The van der Waals surface area contributed by atoms with E-state index in [0.717, 1.165) is 36.4 Å². The number of rotatable bonds is 9. The van der Waals surface area contributed by atoms with Crippen LogP contribution in [0.1, 0.15) is 30.0 Å². The Balaban J connectivity index is 1.94. The first-order valence-corrected chi connectivity index (χ1v) is 15.1. The Hall–Kier alpha value is -3.09. The highest BCUT2D eigenvalue weighted by molar-refractivity contribution is 7.91. The summed E-state index contributed by atoms with van der Waals surface area (Å²) in [5, 5.41) is 13.9. The number of carbonyl (C=O) groups is 1. The molecule has 39 heavy (non-hydrogen) atoms. The van der Waals surface area contributed by atoms with Crippen LogP contribution >= 0.6 is 0 Å². The van der Waals surface area contributed by atoms with Crippen molar-refractivity contribution in [3.05, 3.63) is 71.3 Å². The van der Waals surface area contributed by atoms with E-state index in [2.05, 4.69) is 5.32 Å². The van der Waals surface area contributed by atoms with Crippen LogP contribution in [0.25, 0.3) is 0 Å². The van der Waals surface area contributed by atoms with Crippen molar-refractivity contribution >= 4 is 25.6 Å². The molecule has 0 aromatic heterocycles. The Kier molecular flexibility index (Phi) is 9.03. The van der Waals surface area contributed by atoms with Crippen molar-refractivity contribution in [1.29, 1.82) is 5.26 Å². The quantitative estimate of drug-likeness (QED) is 0.427. The van der Waals surface area contributed by atoms with Gasteiger partial charge in [-0.3, -0.25) is 10.1 Å². The average Bonchev–Trinajstić information content (AvgIpc) is 2.84. The maximum Gasteiger partial charge on any atom is 0.407 e. The average molecular weight is 594 g/mol. The molecule has 0 bridgehead atoms. The summed E-state index contributed by atoms with van der Waals surface area (Å²) in [6, 6.07) is 4.65. The first-order valence-electron chi connectivity index (χ1n) is 11.5. The van der Waals surface area contributed by atoms with E-state index in [0.29, 0.717) is 0 Å². The van der Waals surface area contributed by atoms with Gasteiger partial charge in [-0.05, 0) is 48.2 Å². The van der Waals surface area contributed by atoms with E-state index in [1.165, 1.54) is 12.1 Å². The summed E-state index contributed by atoms with van der Waals surface area (Å²) >= 11 is 0. The van der Waals surface area contributed by atoms with Gasteiger partial charge >= 0.3 is 6.18 Å². The SMILES string of the molecule is N#CC1(NC(=O)C(CS(=O)(=O)Cc2ccc(F)cc2)N[C@@H](c2ccc(F)cc2)C(F)(F)F)CCS(=O)(=O)CC1. The molecule has 1 fully saturated rings. The molecule has 212 valence electrons. The zero-order valence-corrected chi connectivity index (χ0v) is 21.8. The van der Waals surface area contributed by atoms with Crippen molar-refractivity contribution < 1.29 is 43.6 Å².